The molecule has 226 valence electrons. The van der Waals surface area contributed by atoms with Gasteiger partial charge in [-0.25, -0.2) is 0 Å². The van der Waals surface area contributed by atoms with Gasteiger partial charge < -0.3 is 14.9 Å². The summed E-state index contributed by atoms with van der Waals surface area (Å²) in [6.45, 7) is 4.89. The van der Waals surface area contributed by atoms with E-state index in [0.29, 0.717) is 0 Å². The van der Waals surface area contributed by atoms with E-state index in [2.05, 4.69) is 135 Å². The summed E-state index contributed by atoms with van der Waals surface area (Å²) in [6, 6.07) is 44.6. The van der Waals surface area contributed by atoms with E-state index in [1.54, 1.807) is 21.2 Å². The van der Waals surface area contributed by atoms with Gasteiger partial charge in [0.05, 0.1) is 0 Å². The first-order valence-corrected chi connectivity index (χ1v) is 17.3. The van der Waals surface area contributed by atoms with Crippen LogP contribution < -0.4 is 21.2 Å². The Balaban J connectivity index is 0.000000383. The molecule has 0 saturated heterocycles. The molecule has 0 radical (unpaired) electrons. The van der Waals surface area contributed by atoms with E-state index in [-0.39, 0.29) is 55.2 Å². The number of hydrogen-bond acceptors (Lipinski definition) is 0. The predicted octanol–water partition coefficient (Wildman–Crippen LogP) is 10.1. The van der Waals surface area contributed by atoms with E-state index in [1.165, 1.54) is 38.5 Å². The summed E-state index contributed by atoms with van der Waals surface area (Å²) in [5.74, 6) is 1.73. The van der Waals surface area contributed by atoms with E-state index in [9.17, 15) is 0 Å². The van der Waals surface area contributed by atoms with E-state index < -0.39 is 0 Å². The van der Waals surface area contributed by atoms with Gasteiger partial charge >= 0.3 is 17.1 Å². The summed E-state index contributed by atoms with van der Waals surface area (Å²) in [5.41, 5.74) is 1.72. The van der Waals surface area contributed by atoms with Gasteiger partial charge in [0.25, 0.3) is 0 Å². The van der Waals surface area contributed by atoms with Crippen molar-refractivity contribution in [3.8, 4) is 0 Å². The van der Waals surface area contributed by atoms with Crippen LogP contribution in [0.15, 0.2) is 121 Å². The van der Waals surface area contributed by atoms with Gasteiger partial charge in [0.2, 0.25) is 0 Å². The largest absolute Gasteiger partial charge is 2.00 e. The smallest absolute Gasteiger partial charge is 0.358 e. The summed E-state index contributed by atoms with van der Waals surface area (Å²) in [6.07, 6.45) is 8.42. The molecule has 0 aromatic heterocycles. The molecule has 42 heavy (non-hydrogen) atoms. The van der Waals surface area contributed by atoms with Gasteiger partial charge in [-0.15, -0.1) is 0 Å². The molecule has 4 aromatic carbocycles. The van der Waals surface area contributed by atoms with Crippen molar-refractivity contribution in [2.75, 3.05) is 0 Å². The molecular formula is C39H52FeP2. The van der Waals surface area contributed by atoms with Crippen LogP contribution in [-0.2, 0) is 17.1 Å². The molecule has 3 heteroatoms. The van der Waals surface area contributed by atoms with Gasteiger partial charge in [-0.1, -0.05) is 168 Å². The Morgan fingerprint density at radius 3 is 0.857 bits per heavy atom. The average Bonchev–Trinajstić information content (AvgIpc) is 3.60. The maximum atomic E-state index is 2.44. The zero-order valence-electron chi connectivity index (χ0n) is 25.3. The zero-order valence-corrected chi connectivity index (χ0v) is 28.2. The summed E-state index contributed by atoms with van der Waals surface area (Å²) in [5, 5.41) is 6.18. The third-order valence-corrected chi connectivity index (χ3v) is 14.7. The second-order valence-corrected chi connectivity index (χ2v) is 15.9. The molecule has 6 rings (SSSR count). The van der Waals surface area contributed by atoms with Crippen LogP contribution in [0.5, 0.6) is 0 Å². The van der Waals surface area contributed by atoms with Gasteiger partial charge in [0, 0.05) is 0 Å². The first kappa shape index (κ1) is 38.3. The number of rotatable bonds is 6. The zero-order chi connectivity index (χ0) is 26.2. The topological polar surface area (TPSA) is 0 Å². The van der Waals surface area contributed by atoms with Crippen LogP contribution >= 0.6 is 15.8 Å². The fourth-order valence-electron chi connectivity index (χ4n) is 6.44. The first-order valence-electron chi connectivity index (χ1n) is 14.5. The van der Waals surface area contributed by atoms with Crippen LogP contribution in [-0.4, -0.2) is 11.3 Å². The van der Waals surface area contributed by atoms with E-state index in [4.69, 9.17) is 0 Å². The summed E-state index contributed by atoms with van der Waals surface area (Å²) in [7, 11) is -0.383. The van der Waals surface area contributed by atoms with Crippen molar-refractivity contribution in [2.45, 2.75) is 71.1 Å². The van der Waals surface area contributed by atoms with Gasteiger partial charge in [-0.2, -0.15) is 0 Å². The Labute approximate surface area is 272 Å². The van der Waals surface area contributed by atoms with Gasteiger partial charge in [0.1, 0.15) is 0 Å². The molecule has 2 aliphatic rings. The van der Waals surface area contributed by atoms with Crippen molar-refractivity contribution >= 4 is 37.1 Å². The molecule has 2 aliphatic carbocycles. The van der Waals surface area contributed by atoms with Crippen molar-refractivity contribution in [2.24, 2.45) is 11.8 Å². The molecule has 4 aromatic rings. The van der Waals surface area contributed by atoms with Crippen molar-refractivity contribution in [3.63, 3.8) is 0 Å². The van der Waals surface area contributed by atoms with Gasteiger partial charge in [-0.3, -0.25) is 0 Å². The minimum absolute atomic E-state index is 0. The second-order valence-electron chi connectivity index (χ2n) is 11.0. The van der Waals surface area contributed by atoms with Crippen LogP contribution in [0.3, 0.4) is 0 Å². The molecule has 0 N–H and O–H groups in total. The Morgan fingerprint density at radius 1 is 0.429 bits per heavy atom. The van der Waals surface area contributed by atoms with E-state index in [0.717, 1.165) is 23.2 Å². The molecular weight excluding hydrogens is 586 g/mol. The van der Waals surface area contributed by atoms with Crippen molar-refractivity contribution in [1.82, 2.24) is 0 Å². The Bertz CT molecular complexity index is 1040. The monoisotopic (exact) mass is 638 g/mol. The van der Waals surface area contributed by atoms with Crippen LogP contribution in [0.25, 0.3) is 0 Å². The summed E-state index contributed by atoms with van der Waals surface area (Å²) >= 11 is 0. The quantitative estimate of drug-likeness (QED) is 0.112. The molecule has 0 heterocycles. The maximum Gasteiger partial charge on any atom is 2.00 e. The molecule has 0 aliphatic heterocycles. The van der Waals surface area contributed by atoms with Gasteiger partial charge in [0.15, 0.2) is 0 Å². The molecule has 0 spiro atoms. The minimum Gasteiger partial charge on any atom is -0.358 e. The second kappa shape index (κ2) is 19.5. The SMILES string of the molecule is C.CC1CCCC1P(c1ccccc1)c1ccccc1.CC1CCCC1P(c1ccccc1)c1ccccc1.[CH3-].[CH3-].[Fe+2]. The minimum atomic E-state index is -0.191. The maximum absolute atomic E-state index is 2.44. The van der Waals surface area contributed by atoms with Crippen molar-refractivity contribution in [3.05, 3.63) is 136 Å². The van der Waals surface area contributed by atoms with Crippen molar-refractivity contribution < 1.29 is 17.1 Å². The third kappa shape index (κ3) is 9.63. The van der Waals surface area contributed by atoms with Crippen LogP contribution in [0.4, 0.5) is 0 Å². The van der Waals surface area contributed by atoms with Crippen LogP contribution in [0, 0.1) is 26.7 Å². The average molecular weight is 639 g/mol. The van der Waals surface area contributed by atoms with E-state index in [1.807, 2.05) is 0 Å². The summed E-state index contributed by atoms with van der Waals surface area (Å²) in [4.78, 5) is 0. The molecule has 0 bridgehead atoms. The molecule has 4 unspecified atom stereocenters. The molecule has 4 atom stereocenters. The van der Waals surface area contributed by atoms with Gasteiger partial charge in [-0.05, 0) is 73.1 Å². The van der Waals surface area contributed by atoms with E-state index >= 15 is 0 Å². The predicted molar refractivity (Wildman–Crippen MR) is 191 cm³/mol. The molecule has 2 fully saturated rings. The third-order valence-electron chi connectivity index (χ3n) is 8.43. The standard InChI is InChI=1S/2C18H21P.CH4.2CH3.Fe/c2*1-15-9-8-14-18(15)19(16-10-4-2-5-11-16)17-12-6-3-7-13-17;;;;/h2*2-7,10-13,15,18H,8-9,14H2,1H3;1H4;2*1H3;/q;;;2*-1;+2. The Morgan fingerprint density at radius 2 is 0.667 bits per heavy atom. The van der Waals surface area contributed by atoms with Crippen LogP contribution in [0.1, 0.15) is 59.8 Å². The Hall–Kier alpha value is -1.74. The fraction of sp³-hybridized carbons (Fsp3) is 0.333. The number of hydrogen-bond donors (Lipinski definition) is 0. The summed E-state index contributed by atoms with van der Waals surface area (Å²) < 4.78 is 0. The fourth-order valence-corrected chi connectivity index (χ4v) is 12.7. The number of benzene rings is 4. The normalized spacial score (nSPS) is 20.7. The Kier molecular flexibility index (Phi) is 17.8. The molecule has 0 nitrogen and oxygen atoms in total. The van der Waals surface area contributed by atoms with Crippen molar-refractivity contribution in [1.29, 1.82) is 0 Å². The molecule has 0 amide bonds. The first-order chi connectivity index (χ1) is 18.7. The molecule has 2 saturated carbocycles. The van der Waals surface area contributed by atoms with Crippen LogP contribution in [0.2, 0.25) is 0 Å².